The molecular weight excluding hydrogens is 376 g/mol. The number of pyridine rings is 1. The number of anilines is 1. The predicted molar refractivity (Wildman–Crippen MR) is 134 cm³/mol. The summed E-state index contributed by atoms with van der Waals surface area (Å²) in [4.78, 5) is 4.70. The molecule has 2 nitrogen and oxygen atoms in total. The molecule has 2 aromatic carbocycles. The van der Waals surface area contributed by atoms with Crippen LogP contribution in [-0.2, 0) is 6.42 Å². The molecule has 1 N–H and O–H groups in total. The maximum atomic E-state index is 4.70. The van der Waals surface area contributed by atoms with Crippen LogP contribution in [0.2, 0.25) is 0 Å². The molecule has 4 rings (SSSR count). The van der Waals surface area contributed by atoms with Crippen LogP contribution in [0.1, 0.15) is 60.4 Å². The highest BCUT2D eigenvalue weighted by Crippen LogP contribution is 2.39. The Morgan fingerprint density at radius 2 is 1.39 bits per heavy atom. The number of hydrogen-bond donors (Lipinski definition) is 1. The molecule has 1 aliphatic rings. The number of nitrogens with zero attached hydrogens (tertiary/aromatic N) is 1. The second kappa shape index (κ2) is 9.26. The van der Waals surface area contributed by atoms with E-state index in [0.717, 1.165) is 18.3 Å². The predicted octanol–water partition coefficient (Wildman–Crippen LogP) is 7.81. The molecule has 0 unspecified atom stereocenters. The van der Waals surface area contributed by atoms with Gasteiger partial charge < -0.3 is 5.32 Å². The molecule has 0 aliphatic heterocycles. The summed E-state index contributed by atoms with van der Waals surface area (Å²) in [5.74, 6) is 1.84. The van der Waals surface area contributed by atoms with E-state index in [1.54, 1.807) is 0 Å². The van der Waals surface area contributed by atoms with E-state index in [9.17, 15) is 0 Å². The Hall–Kier alpha value is -2.61. The molecule has 3 aromatic rings. The van der Waals surface area contributed by atoms with Crippen molar-refractivity contribution in [1.82, 2.24) is 4.98 Å². The number of benzene rings is 2. The van der Waals surface area contributed by atoms with E-state index in [4.69, 9.17) is 4.98 Å². The minimum Gasteiger partial charge on any atom is -0.370 e. The third kappa shape index (κ3) is 4.69. The molecule has 31 heavy (non-hydrogen) atoms. The lowest BCUT2D eigenvalue weighted by atomic mass is 9.83. The molecule has 0 bridgehead atoms. The van der Waals surface area contributed by atoms with Crippen molar-refractivity contribution >= 4 is 5.82 Å². The molecule has 0 spiro atoms. The average Bonchev–Trinajstić information content (AvgIpc) is 3.61. The number of aryl methyl sites for hydroxylation is 1. The van der Waals surface area contributed by atoms with Crippen LogP contribution in [0.15, 0.2) is 42.6 Å². The summed E-state index contributed by atoms with van der Waals surface area (Å²) in [6.07, 6.45) is 8.42. The zero-order chi connectivity index (χ0) is 22.0. The van der Waals surface area contributed by atoms with Crippen molar-refractivity contribution in [3.63, 3.8) is 0 Å². The van der Waals surface area contributed by atoms with Crippen molar-refractivity contribution in [3.8, 4) is 22.3 Å². The Bertz CT molecular complexity index is 1010. The van der Waals surface area contributed by atoms with Crippen molar-refractivity contribution in [1.29, 1.82) is 0 Å². The highest BCUT2D eigenvalue weighted by molar-refractivity contribution is 5.82. The molecule has 1 aromatic heterocycles. The van der Waals surface area contributed by atoms with Crippen molar-refractivity contribution in [2.45, 2.75) is 66.7 Å². The van der Waals surface area contributed by atoms with Gasteiger partial charge in [-0.3, -0.25) is 0 Å². The van der Waals surface area contributed by atoms with Crippen LogP contribution in [0, 0.1) is 33.6 Å². The third-order valence-corrected chi connectivity index (χ3v) is 7.01. The quantitative estimate of drug-likeness (QED) is 0.408. The molecule has 162 valence electrons. The van der Waals surface area contributed by atoms with Gasteiger partial charge in [0.2, 0.25) is 0 Å². The normalized spacial score (nSPS) is 13.5. The molecule has 2 heteroatoms. The van der Waals surface area contributed by atoms with Crippen molar-refractivity contribution in [3.05, 3.63) is 70.4 Å². The zero-order valence-corrected chi connectivity index (χ0v) is 19.8. The van der Waals surface area contributed by atoms with E-state index in [1.165, 1.54) is 82.2 Å². The lowest BCUT2D eigenvalue weighted by Gasteiger charge is -2.21. The number of hydrogen-bond acceptors (Lipinski definition) is 2. The monoisotopic (exact) mass is 412 g/mol. The van der Waals surface area contributed by atoms with Crippen molar-refractivity contribution in [2.24, 2.45) is 5.92 Å². The second-order valence-electron chi connectivity index (χ2n) is 9.31. The van der Waals surface area contributed by atoms with E-state index in [2.05, 4.69) is 76.3 Å². The number of aromatic nitrogens is 1. The lowest BCUT2D eigenvalue weighted by Crippen LogP contribution is -2.05. The fourth-order valence-electron chi connectivity index (χ4n) is 4.61. The fourth-order valence-corrected chi connectivity index (χ4v) is 4.61. The van der Waals surface area contributed by atoms with Gasteiger partial charge in [0.25, 0.3) is 0 Å². The molecule has 1 saturated carbocycles. The Labute approximate surface area is 188 Å². The first kappa shape index (κ1) is 21.6. The SMILES string of the molecule is CCCCc1ccc(-c2c(C)c(C)c(-c3ccc(NCC4CC4)nc3)c(C)c2C)cc1. The van der Waals surface area contributed by atoms with Gasteiger partial charge in [-0.1, -0.05) is 37.6 Å². The van der Waals surface area contributed by atoms with Crippen LogP contribution in [0.3, 0.4) is 0 Å². The maximum absolute atomic E-state index is 4.70. The summed E-state index contributed by atoms with van der Waals surface area (Å²) in [6, 6.07) is 13.6. The Kier molecular flexibility index (Phi) is 6.46. The second-order valence-corrected chi connectivity index (χ2v) is 9.31. The molecule has 1 aliphatic carbocycles. The third-order valence-electron chi connectivity index (χ3n) is 7.01. The maximum Gasteiger partial charge on any atom is 0.125 e. The van der Waals surface area contributed by atoms with Gasteiger partial charge >= 0.3 is 0 Å². The van der Waals surface area contributed by atoms with Gasteiger partial charge in [0.1, 0.15) is 5.82 Å². The van der Waals surface area contributed by atoms with Crippen LogP contribution in [0.4, 0.5) is 5.82 Å². The first-order valence-corrected chi connectivity index (χ1v) is 11.9. The summed E-state index contributed by atoms with van der Waals surface area (Å²) >= 11 is 0. The van der Waals surface area contributed by atoms with Gasteiger partial charge in [0, 0.05) is 18.3 Å². The Morgan fingerprint density at radius 1 is 0.806 bits per heavy atom. The van der Waals surface area contributed by atoms with Crippen LogP contribution in [-0.4, -0.2) is 11.5 Å². The molecule has 0 amide bonds. The summed E-state index contributed by atoms with van der Waals surface area (Å²) in [5, 5.41) is 3.47. The van der Waals surface area contributed by atoms with Gasteiger partial charge in [-0.25, -0.2) is 4.98 Å². The Morgan fingerprint density at radius 3 is 1.90 bits per heavy atom. The minimum absolute atomic E-state index is 0.851. The first-order valence-electron chi connectivity index (χ1n) is 11.9. The largest absolute Gasteiger partial charge is 0.370 e. The van der Waals surface area contributed by atoms with Gasteiger partial charge in [-0.15, -0.1) is 0 Å². The smallest absolute Gasteiger partial charge is 0.125 e. The van der Waals surface area contributed by atoms with Crippen molar-refractivity contribution in [2.75, 3.05) is 11.9 Å². The number of nitrogens with one attached hydrogen (secondary N) is 1. The highest BCUT2D eigenvalue weighted by atomic mass is 15.0. The molecule has 0 radical (unpaired) electrons. The topological polar surface area (TPSA) is 24.9 Å². The van der Waals surface area contributed by atoms with Gasteiger partial charge in [0.05, 0.1) is 0 Å². The van der Waals surface area contributed by atoms with Gasteiger partial charge in [-0.2, -0.15) is 0 Å². The average molecular weight is 413 g/mol. The van der Waals surface area contributed by atoms with Gasteiger partial charge in [0.15, 0.2) is 0 Å². The van der Waals surface area contributed by atoms with E-state index >= 15 is 0 Å². The lowest BCUT2D eigenvalue weighted by molar-refractivity contribution is 0.795. The number of unbranched alkanes of at least 4 members (excludes halogenated alkanes) is 1. The Balaban J connectivity index is 1.65. The van der Waals surface area contributed by atoms with Crippen LogP contribution < -0.4 is 5.32 Å². The van der Waals surface area contributed by atoms with E-state index in [-0.39, 0.29) is 0 Å². The molecule has 0 atom stereocenters. The summed E-state index contributed by atoms with van der Waals surface area (Å²) in [5.41, 5.74) is 12.1. The zero-order valence-electron chi connectivity index (χ0n) is 19.8. The highest BCUT2D eigenvalue weighted by Gasteiger charge is 2.21. The van der Waals surface area contributed by atoms with Crippen LogP contribution in [0.25, 0.3) is 22.3 Å². The summed E-state index contributed by atoms with van der Waals surface area (Å²) in [6.45, 7) is 12.4. The fraction of sp³-hybridized carbons (Fsp3) is 0.414. The summed E-state index contributed by atoms with van der Waals surface area (Å²) in [7, 11) is 0. The van der Waals surface area contributed by atoms with Gasteiger partial charge in [-0.05, 0) is 116 Å². The summed E-state index contributed by atoms with van der Waals surface area (Å²) < 4.78 is 0. The van der Waals surface area contributed by atoms with Crippen LogP contribution >= 0.6 is 0 Å². The molecule has 1 fully saturated rings. The van der Waals surface area contributed by atoms with E-state index in [0.29, 0.717) is 0 Å². The standard InChI is InChI=1S/C29H36N2/c1-6-7-8-23-11-13-25(14-12-23)28-19(2)21(4)29(22(5)20(28)3)26-15-16-27(31-18-26)30-17-24-9-10-24/h11-16,18,24H,6-10,17H2,1-5H3,(H,30,31). The first-order chi connectivity index (χ1) is 15.0. The van der Waals surface area contributed by atoms with Crippen molar-refractivity contribution < 1.29 is 0 Å². The molecular formula is C29H36N2. The number of rotatable bonds is 8. The minimum atomic E-state index is 0.851. The molecule has 1 heterocycles. The van der Waals surface area contributed by atoms with E-state index < -0.39 is 0 Å². The van der Waals surface area contributed by atoms with E-state index in [1.807, 2.05) is 6.20 Å². The molecule has 0 saturated heterocycles. The van der Waals surface area contributed by atoms with Crippen LogP contribution in [0.5, 0.6) is 0 Å².